The Bertz CT molecular complexity index is 208. The van der Waals surface area contributed by atoms with Crippen molar-refractivity contribution >= 4 is 0 Å². The monoisotopic (exact) mass is 213 g/mol. The van der Waals surface area contributed by atoms with Crippen molar-refractivity contribution in [3.63, 3.8) is 0 Å². The van der Waals surface area contributed by atoms with Crippen molar-refractivity contribution in [1.82, 2.24) is 4.90 Å². The lowest BCUT2D eigenvalue weighted by Crippen LogP contribution is -2.38. The fraction of sp³-hybridized carbons (Fsp3) is 0.909. The number of nitrogens with two attached hydrogens (primary N) is 1. The molecule has 0 saturated heterocycles. The predicted octanol–water partition coefficient (Wildman–Crippen LogP) is 0.974. The summed E-state index contributed by atoms with van der Waals surface area (Å²) in [6.45, 7) is 8.22. The van der Waals surface area contributed by atoms with Crippen molar-refractivity contribution in [3.8, 4) is 6.07 Å². The number of rotatable bonds is 7. The molecule has 1 unspecified atom stereocenters. The maximum atomic E-state index is 8.74. The highest BCUT2D eigenvalue weighted by atomic mass is 16.5. The first-order valence-electron chi connectivity index (χ1n) is 5.37. The summed E-state index contributed by atoms with van der Waals surface area (Å²) >= 11 is 0. The zero-order valence-corrected chi connectivity index (χ0v) is 10.3. The molecule has 0 fully saturated rings. The first-order valence-corrected chi connectivity index (χ1v) is 5.37. The smallest absolute Gasteiger partial charge is 0.102 e. The van der Waals surface area contributed by atoms with Gasteiger partial charge >= 0.3 is 0 Å². The molecule has 2 N–H and O–H groups in total. The summed E-state index contributed by atoms with van der Waals surface area (Å²) in [5, 5.41) is 8.74. The van der Waals surface area contributed by atoms with E-state index in [0.29, 0.717) is 6.42 Å². The van der Waals surface area contributed by atoms with E-state index in [1.807, 2.05) is 20.9 Å². The summed E-state index contributed by atoms with van der Waals surface area (Å²) in [7, 11) is 2.01. The van der Waals surface area contributed by atoms with Crippen molar-refractivity contribution < 1.29 is 4.74 Å². The molecule has 0 radical (unpaired) electrons. The van der Waals surface area contributed by atoms with Crippen LogP contribution >= 0.6 is 0 Å². The maximum absolute atomic E-state index is 8.74. The van der Waals surface area contributed by atoms with Gasteiger partial charge < -0.3 is 15.4 Å². The molecule has 0 aliphatic rings. The van der Waals surface area contributed by atoms with E-state index in [-0.39, 0.29) is 6.10 Å². The molecular weight excluding hydrogens is 190 g/mol. The van der Waals surface area contributed by atoms with Crippen LogP contribution in [0.5, 0.6) is 0 Å². The summed E-state index contributed by atoms with van der Waals surface area (Å²) in [5.74, 6) is 0. The molecule has 0 saturated carbocycles. The molecule has 1 atom stereocenters. The normalized spacial score (nSPS) is 15.3. The minimum atomic E-state index is -0.715. The summed E-state index contributed by atoms with van der Waals surface area (Å²) in [6, 6.07) is 2.09. The average Bonchev–Trinajstić information content (AvgIpc) is 2.14. The Morgan fingerprint density at radius 2 is 2.07 bits per heavy atom. The summed E-state index contributed by atoms with van der Waals surface area (Å²) in [5.41, 5.74) is 5.01. The van der Waals surface area contributed by atoms with E-state index in [2.05, 4.69) is 11.0 Å². The molecule has 4 nitrogen and oxygen atoms in total. The highest BCUT2D eigenvalue weighted by molar-refractivity contribution is 5.00. The van der Waals surface area contributed by atoms with Crippen molar-refractivity contribution in [2.45, 2.75) is 38.8 Å². The summed E-state index contributed by atoms with van der Waals surface area (Å²) < 4.78 is 5.43. The van der Waals surface area contributed by atoms with Crippen molar-refractivity contribution in [2.75, 3.05) is 26.7 Å². The fourth-order valence-corrected chi connectivity index (χ4v) is 1.04. The molecular formula is C11H23N3O. The molecule has 0 amide bonds. The third-order valence-electron chi connectivity index (χ3n) is 2.19. The van der Waals surface area contributed by atoms with Gasteiger partial charge in [0.1, 0.15) is 5.54 Å². The van der Waals surface area contributed by atoms with Crippen LogP contribution in [0.25, 0.3) is 0 Å². The molecule has 0 aromatic heterocycles. The zero-order valence-electron chi connectivity index (χ0n) is 10.3. The lowest BCUT2D eigenvalue weighted by molar-refractivity contribution is 0.0631. The van der Waals surface area contributed by atoms with Crippen LogP contribution in [0.3, 0.4) is 0 Å². The van der Waals surface area contributed by atoms with Gasteiger partial charge in [0.2, 0.25) is 0 Å². The molecule has 0 heterocycles. The van der Waals surface area contributed by atoms with Crippen molar-refractivity contribution in [2.24, 2.45) is 5.73 Å². The van der Waals surface area contributed by atoms with Gasteiger partial charge in [0.15, 0.2) is 0 Å². The summed E-state index contributed by atoms with van der Waals surface area (Å²) in [4.78, 5) is 2.13. The number of likely N-dealkylation sites (N-methyl/N-ethyl adjacent to an activating group) is 1. The lowest BCUT2D eigenvalue weighted by Gasteiger charge is -2.21. The Hall–Kier alpha value is -0.630. The van der Waals surface area contributed by atoms with Crippen LogP contribution in [-0.4, -0.2) is 43.3 Å². The molecule has 0 spiro atoms. The van der Waals surface area contributed by atoms with E-state index in [4.69, 9.17) is 15.7 Å². The van der Waals surface area contributed by atoms with Crippen LogP contribution < -0.4 is 5.73 Å². The van der Waals surface area contributed by atoms with Gasteiger partial charge in [0, 0.05) is 13.1 Å². The van der Waals surface area contributed by atoms with E-state index in [0.717, 1.165) is 19.7 Å². The third-order valence-corrected chi connectivity index (χ3v) is 2.19. The van der Waals surface area contributed by atoms with Gasteiger partial charge in [0.25, 0.3) is 0 Å². The topological polar surface area (TPSA) is 62.3 Å². The molecule has 0 aromatic carbocycles. The van der Waals surface area contributed by atoms with E-state index in [1.165, 1.54) is 0 Å². The van der Waals surface area contributed by atoms with Crippen LogP contribution in [0, 0.1) is 11.3 Å². The Balaban J connectivity index is 3.59. The van der Waals surface area contributed by atoms with Crippen LogP contribution in [0.1, 0.15) is 27.2 Å². The SMILES string of the molecule is CC(C)OCCN(C)CCC(C)(N)C#N. The van der Waals surface area contributed by atoms with E-state index in [9.17, 15) is 0 Å². The van der Waals surface area contributed by atoms with Gasteiger partial charge in [-0.05, 0) is 34.2 Å². The predicted molar refractivity (Wildman–Crippen MR) is 61.4 cm³/mol. The van der Waals surface area contributed by atoms with Crippen LogP contribution in [0.2, 0.25) is 0 Å². The van der Waals surface area contributed by atoms with Crippen molar-refractivity contribution in [3.05, 3.63) is 0 Å². The molecule has 15 heavy (non-hydrogen) atoms. The van der Waals surface area contributed by atoms with Gasteiger partial charge in [-0.3, -0.25) is 0 Å². The second-order valence-corrected chi connectivity index (χ2v) is 4.50. The van der Waals surface area contributed by atoms with Gasteiger partial charge in [-0.15, -0.1) is 0 Å². The minimum Gasteiger partial charge on any atom is -0.377 e. The van der Waals surface area contributed by atoms with E-state index < -0.39 is 5.54 Å². The molecule has 4 heteroatoms. The largest absolute Gasteiger partial charge is 0.377 e. The molecule has 0 aromatic rings. The Morgan fingerprint density at radius 3 is 2.53 bits per heavy atom. The number of nitrogens with zero attached hydrogens (tertiary/aromatic N) is 2. The number of hydrogen-bond donors (Lipinski definition) is 1. The van der Waals surface area contributed by atoms with Gasteiger partial charge in [-0.2, -0.15) is 5.26 Å². The highest BCUT2D eigenvalue weighted by Crippen LogP contribution is 2.04. The van der Waals surface area contributed by atoms with Crippen LogP contribution in [0.15, 0.2) is 0 Å². The Kier molecular flexibility index (Phi) is 6.50. The first kappa shape index (κ1) is 14.4. The second kappa shape index (κ2) is 6.78. The molecule has 0 rings (SSSR count). The second-order valence-electron chi connectivity index (χ2n) is 4.50. The fourth-order valence-electron chi connectivity index (χ4n) is 1.04. The maximum Gasteiger partial charge on any atom is 0.102 e. The van der Waals surface area contributed by atoms with Crippen LogP contribution in [-0.2, 0) is 4.74 Å². The average molecular weight is 213 g/mol. The van der Waals surface area contributed by atoms with E-state index in [1.54, 1.807) is 6.92 Å². The Morgan fingerprint density at radius 1 is 1.47 bits per heavy atom. The first-order chi connectivity index (χ1) is 6.87. The molecule has 88 valence electrons. The summed E-state index contributed by atoms with van der Waals surface area (Å²) in [6.07, 6.45) is 0.957. The van der Waals surface area contributed by atoms with Crippen LogP contribution in [0.4, 0.5) is 0 Å². The van der Waals surface area contributed by atoms with Gasteiger partial charge in [-0.25, -0.2) is 0 Å². The van der Waals surface area contributed by atoms with Crippen molar-refractivity contribution in [1.29, 1.82) is 5.26 Å². The molecule has 0 aliphatic heterocycles. The third kappa shape index (κ3) is 8.37. The molecule has 0 aliphatic carbocycles. The number of hydrogen-bond acceptors (Lipinski definition) is 4. The van der Waals surface area contributed by atoms with Gasteiger partial charge in [-0.1, -0.05) is 0 Å². The zero-order chi connectivity index (χ0) is 11.9. The van der Waals surface area contributed by atoms with Gasteiger partial charge in [0.05, 0.1) is 18.8 Å². The number of ether oxygens (including phenoxy) is 1. The highest BCUT2D eigenvalue weighted by Gasteiger charge is 2.17. The number of nitriles is 1. The van der Waals surface area contributed by atoms with E-state index >= 15 is 0 Å². The lowest BCUT2D eigenvalue weighted by atomic mass is 10.0. The quantitative estimate of drug-likeness (QED) is 0.684. The minimum absolute atomic E-state index is 0.275. The standard InChI is InChI=1S/C11H23N3O/c1-10(2)15-8-7-14(4)6-5-11(3,13)9-12/h10H,5-8,13H2,1-4H3. The Labute approximate surface area is 93.0 Å². The molecule has 0 bridgehead atoms.